The van der Waals surface area contributed by atoms with Crippen molar-refractivity contribution < 1.29 is 14.0 Å². The fraction of sp³-hybridized carbons (Fsp3) is 0.192. The molecule has 0 saturated carbocycles. The molecule has 1 aliphatic carbocycles. The minimum absolute atomic E-state index is 0.328. The summed E-state index contributed by atoms with van der Waals surface area (Å²) in [6.07, 6.45) is 4.93. The van der Waals surface area contributed by atoms with Crippen molar-refractivity contribution in [1.29, 1.82) is 0 Å². The lowest BCUT2D eigenvalue weighted by Gasteiger charge is -2.07. The Balaban J connectivity index is 1.42. The minimum atomic E-state index is -0.511. The number of rotatable bonds is 4. The fourth-order valence-electron chi connectivity index (χ4n) is 4.33. The highest BCUT2D eigenvalue weighted by Crippen LogP contribution is 2.37. The first kappa shape index (κ1) is 21.2. The molecule has 166 valence electrons. The predicted molar refractivity (Wildman–Crippen MR) is 130 cm³/mol. The van der Waals surface area contributed by atoms with Gasteiger partial charge in [0.2, 0.25) is 0 Å². The molecule has 0 atom stereocenters. The number of amides is 2. The molecule has 0 unspecified atom stereocenters. The molecule has 6 nitrogen and oxygen atoms in total. The van der Waals surface area contributed by atoms with Gasteiger partial charge in [-0.1, -0.05) is 36.8 Å². The van der Waals surface area contributed by atoms with E-state index in [1.165, 1.54) is 11.3 Å². The van der Waals surface area contributed by atoms with Crippen LogP contribution in [0.4, 0.5) is 5.00 Å². The molecular formula is C26H22N2O4S. The molecular weight excluding hydrogens is 436 g/mol. The largest absolute Gasteiger partial charge is 0.422 e. The van der Waals surface area contributed by atoms with E-state index in [4.69, 9.17) is 10.2 Å². The van der Waals surface area contributed by atoms with Crippen LogP contribution in [0, 0.1) is 0 Å². The molecule has 0 aliphatic heterocycles. The van der Waals surface area contributed by atoms with Crippen molar-refractivity contribution in [2.45, 2.75) is 32.1 Å². The molecule has 2 heterocycles. The molecule has 1 aliphatic rings. The second-order valence-electron chi connectivity index (χ2n) is 8.15. The number of fused-ring (bicyclic) bond motifs is 2. The molecule has 5 rings (SSSR count). The number of nitrogens with one attached hydrogen (secondary N) is 1. The summed E-state index contributed by atoms with van der Waals surface area (Å²) >= 11 is 1.44. The molecule has 0 saturated heterocycles. The highest BCUT2D eigenvalue weighted by molar-refractivity contribution is 7.17. The van der Waals surface area contributed by atoms with Gasteiger partial charge in [-0.05, 0) is 61.1 Å². The smallest absolute Gasteiger partial charge is 0.344 e. The van der Waals surface area contributed by atoms with Crippen LogP contribution in [0.25, 0.3) is 22.1 Å². The number of benzene rings is 2. The van der Waals surface area contributed by atoms with Gasteiger partial charge in [-0.25, -0.2) is 4.79 Å². The first-order valence-electron chi connectivity index (χ1n) is 10.9. The third kappa shape index (κ3) is 4.07. The van der Waals surface area contributed by atoms with Crippen molar-refractivity contribution in [3.63, 3.8) is 0 Å². The summed E-state index contributed by atoms with van der Waals surface area (Å²) < 4.78 is 5.41. The SMILES string of the molecule is NC(=O)c1c(NC(=O)c2ccc(-c3cc4ccccc4oc3=O)cc2)sc2c1CCCCC2. The number of thiophene rings is 1. The average Bonchev–Trinajstić information content (AvgIpc) is 2.99. The number of carbonyl (C=O) groups is 2. The molecule has 4 aromatic rings. The summed E-state index contributed by atoms with van der Waals surface area (Å²) in [6, 6.07) is 15.8. The number of aryl methyl sites for hydroxylation is 1. The van der Waals surface area contributed by atoms with Gasteiger partial charge >= 0.3 is 5.63 Å². The Morgan fingerprint density at radius 1 is 0.970 bits per heavy atom. The minimum Gasteiger partial charge on any atom is -0.422 e. The Labute approximate surface area is 194 Å². The van der Waals surface area contributed by atoms with Crippen LogP contribution in [0.5, 0.6) is 0 Å². The van der Waals surface area contributed by atoms with Crippen molar-refractivity contribution in [2.75, 3.05) is 5.32 Å². The second kappa shape index (κ2) is 8.67. The highest BCUT2D eigenvalue weighted by atomic mass is 32.1. The quantitative estimate of drug-likeness (QED) is 0.326. The third-order valence-electron chi connectivity index (χ3n) is 5.99. The molecule has 0 bridgehead atoms. The number of para-hydroxylation sites is 1. The Morgan fingerprint density at radius 2 is 1.73 bits per heavy atom. The summed E-state index contributed by atoms with van der Waals surface area (Å²) in [6.45, 7) is 0. The number of nitrogens with two attached hydrogens (primary N) is 1. The predicted octanol–water partition coefficient (Wildman–Crippen LogP) is 5.14. The van der Waals surface area contributed by atoms with Crippen molar-refractivity contribution >= 4 is 39.1 Å². The molecule has 3 N–H and O–H groups in total. The third-order valence-corrected chi connectivity index (χ3v) is 7.20. The maximum absolute atomic E-state index is 12.9. The molecule has 0 radical (unpaired) electrons. The van der Waals surface area contributed by atoms with Crippen LogP contribution in [0.15, 0.2) is 63.8 Å². The van der Waals surface area contributed by atoms with E-state index in [2.05, 4.69) is 5.32 Å². The molecule has 2 aromatic heterocycles. The lowest BCUT2D eigenvalue weighted by molar-refractivity contribution is 0.100. The van der Waals surface area contributed by atoms with E-state index in [1.54, 1.807) is 36.4 Å². The normalized spacial score (nSPS) is 13.3. The first-order valence-corrected chi connectivity index (χ1v) is 11.7. The molecule has 33 heavy (non-hydrogen) atoms. The van der Waals surface area contributed by atoms with Gasteiger partial charge in [0.25, 0.3) is 11.8 Å². The monoisotopic (exact) mass is 458 g/mol. The Kier molecular flexibility index (Phi) is 5.56. The zero-order chi connectivity index (χ0) is 22.9. The van der Waals surface area contributed by atoms with Gasteiger partial charge in [0.15, 0.2) is 0 Å². The van der Waals surface area contributed by atoms with E-state index in [1.807, 2.05) is 18.2 Å². The van der Waals surface area contributed by atoms with E-state index < -0.39 is 11.5 Å². The van der Waals surface area contributed by atoms with Gasteiger partial charge in [-0.15, -0.1) is 11.3 Å². The second-order valence-corrected chi connectivity index (χ2v) is 9.25. The fourth-order valence-corrected chi connectivity index (χ4v) is 5.62. The topological polar surface area (TPSA) is 102 Å². The van der Waals surface area contributed by atoms with E-state index in [0.29, 0.717) is 32.8 Å². The molecule has 7 heteroatoms. The van der Waals surface area contributed by atoms with Gasteiger partial charge in [-0.2, -0.15) is 0 Å². The zero-order valence-corrected chi connectivity index (χ0v) is 18.7. The van der Waals surface area contributed by atoms with Gasteiger partial charge in [0.05, 0.1) is 11.1 Å². The standard InChI is InChI=1S/C26H22N2O4S/c27-23(29)22-18-7-2-1-3-9-21(18)33-25(22)28-24(30)16-12-10-15(11-13-16)19-14-17-6-4-5-8-20(17)32-26(19)31/h4-6,8,10-14H,1-3,7,9H2,(H2,27,29)(H,28,30). The van der Waals surface area contributed by atoms with Crippen LogP contribution >= 0.6 is 11.3 Å². The van der Waals surface area contributed by atoms with Crippen LogP contribution in [-0.4, -0.2) is 11.8 Å². The number of anilines is 1. The van der Waals surface area contributed by atoms with Crippen molar-refractivity contribution in [2.24, 2.45) is 5.73 Å². The van der Waals surface area contributed by atoms with Crippen LogP contribution in [-0.2, 0) is 12.8 Å². The molecule has 0 fully saturated rings. The molecule has 0 spiro atoms. The number of primary amides is 1. The summed E-state index contributed by atoms with van der Waals surface area (Å²) in [5, 5.41) is 4.22. The van der Waals surface area contributed by atoms with Crippen LogP contribution < -0.4 is 16.7 Å². The zero-order valence-electron chi connectivity index (χ0n) is 17.9. The van der Waals surface area contributed by atoms with Gasteiger partial charge in [-0.3, -0.25) is 9.59 Å². The number of hydrogen-bond acceptors (Lipinski definition) is 5. The van der Waals surface area contributed by atoms with E-state index in [-0.39, 0.29) is 5.91 Å². The number of carbonyl (C=O) groups excluding carboxylic acids is 2. The van der Waals surface area contributed by atoms with E-state index in [0.717, 1.165) is 47.9 Å². The summed E-state index contributed by atoms with van der Waals surface area (Å²) in [5.74, 6) is -0.839. The number of hydrogen-bond donors (Lipinski definition) is 2. The van der Waals surface area contributed by atoms with Gasteiger partial charge in [0, 0.05) is 15.8 Å². The highest BCUT2D eigenvalue weighted by Gasteiger charge is 2.24. The molecule has 2 amide bonds. The van der Waals surface area contributed by atoms with Crippen molar-refractivity contribution in [3.8, 4) is 11.1 Å². The van der Waals surface area contributed by atoms with E-state index in [9.17, 15) is 14.4 Å². The van der Waals surface area contributed by atoms with Crippen LogP contribution in [0.1, 0.15) is 50.4 Å². The van der Waals surface area contributed by atoms with Crippen molar-refractivity contribution in [3.05, 3.63) is 86.6 Å². The van der Waals surface area contributed by atoms with Gasteiger partial charge < -0.3 is 15.5 Å². The summed E-state index contributed by atoms with van der Waals surface area (Å²) in [4.78, 5) is 38.6. The summed E-state index contributed by atoms with van der Waals surface area (Å²) in [7, 11) is 0. The van der Waals surface area contributed by atoms with Crippen LogP contribution in [0.2, 0.25) is 0 Å². The van der Waals surface area contributed by atoms with E-state index >= 15 is 0 Å². The lowest BCUT2D eigenvalue weighted by atomic mass is 10.0. The Morgan fingerprint density at radius 3 is 2.52 bits per heavy atom. The maximum atomic E-state index is 12.9. The van der Waals surface area contributed by atoms with Gasteiger partial charge in [0.1, 0.15) is 10.6 Å². The van der Waals surface area contributed by atoms with Crippen molar-refractivity contribution in [1.82, 2.24) is 0 Å². The molecule has 2 aromatic carbocycles. The lowest BCUT2D eigenvalue weighted by Crippen LogP contribution is -2.18. The Bertz CT molecular complexity index is 1430. The average molecular weight is 459 g/mol. The first-order chi connectivity index (χ1) is 16.0. The summed E-state index contributed by atoms with van der Waals surface area (Å²) in [5.41, 5.74) is 8.69. The van der Waals surface area contributed by atoms with Crippen LogP contribution in [0.3, 0.4) is 0 Å². The maximum Gasteiger partial charge on any atom is 0.344 e. The Hall–Kier alpha value is -3.71.